The van der Waals surface area contributed by atoms with Crippen LogP contribution in [-0.2, 0) is 6.54 Å². The average Bonchev–Trinajstić information content (AvgIpc) is 3.10. The van der Waals surface area contributed by atoms with Gasteiger partial charge < -0.3 is 5.11 Å². The number of carbonyl (C=O) groups is 1. The Morgan fingerprint density at radius 1 is 1.39 bits per heavy atom. The van der Waals surface area contributed by atoms with E-state index in [4.69, 9.17) is 5.11 Å². The van der Waals surface area contributed by atoms with Crippen LogP contribution in [0.1, 0.15) is 22.1 Å². The molecule has 1 aromatic carbocycles. The van der Waals surface area contributed by atoms with Crippen molar-refractivity contribution in [2.45, 2.75) is 12.6 Å². The minimum absolute atomic E-state index is 0.146. The Morgan fingerprint density at radius 3 is 3.00 bits per heavy atom. The van der Waals surface area contributed by atoms with E-state index >= 15 is 0 Å². The maximum atomic E-state index is 11.2. The number of carboxylic acid groups (broad SMARTS) is 1. The van der Waals surface area contributed by atoms with Gasteiger partial charge in [0.05, 0.1) is 6.04 Å². The molecule has 5 nitrogen and oxygen atoms in total. The minimum Gasteiger partial charge on any atom is -0.477 e. The summed E-state index contributed by atoms with van der Waals surface area (Å²) in [6.45, 7) is 2.54. The number of halogens is 1. The maximum Gasteiger partial charge on any atom is 0.354 e. The Hall–Kier alpha value is -1.70. The lowest BCUT2D eigenvalue weighted by molar-refractivity contribution is 0.0628. The molecule has 0 spiro atoms. The minimum atomic E-state index is -0.922. The van der Waals surface area contributed by atoms with Gasteiger partial charge in [-0.05, 0) is 44.4 Å². The van der Waals surface area contributed by atoms with Crippen molar-refractivity contribution < 1.29 is 9.90 Å². The summed E-state index contributed by atoms with van der Waals surface area (Å²) in [6.07, 6.45) is 1.55. The van der Waals surface area contributed by atoms with E-state index in [0.29, 0.717) is 0 Å². The zero-order valence-electron chi connectivity index (χ0n) is 12.1. The van der Waals surface area contributed by atoms with E-state index in [1.54, 1.807) is 28.3 Å². The van der Waals surface area contributed by atoms with Crippen molar-refractivity contribution >= 4 is 43.3 Å². The molecular formula is C16H14BrN3O2S. The number of rotatable bonds is 4. The molecule has 1 aliphatic rings. The highest BCUT2D eigenvalue weighted by Crippen LogP contribution is 2.34. The highest BCUT2D eigenvalue weighted by atomic mass is 79.9. The highest BCUT2D eigenvalue weighted by molar-refractivity contribution is 9.10. The molecule has 0 atom stereocenters. The second-order valence-electron chi connectivity index (χ2n) is 5.69. The number of hydrogen-bond acceptors (Lipinski definition) is 4. The summed E-state index contributed by atoms with van der Waals surface area (Å²) in [7, 11) is 0. The monoisotopic (exact) mass is 391 g/mol. The Bertz CT molecular complexity index is 882. The van der Waals surface area contributed by atoms with Crippen LogP contribution in [0.5, 0.6) is 0 Å². The molecule has 2 aromatic heterocycles. The summed E-state index contributed by atoms with van der Waals surface area (Å²) in [5, 5.41) is 16.8. The van der Waals surface area contributed by atoms with Gasteiger partial charge in [-0.25, -0.2) is 4.79 Å². The topological polar surface area (TPSA) is 58.4 Å². The molecule has 1 fully saturated rings. The molecule has 0 radical (unpaired) electrons. The number of fused-ring (bicyclic) bond motifs is 1. The number of hydrogen-bond donors (Lipinski definition) is 1. The molecule has 0 unspecified atom stereocenters. The van der Waals surface area contributed by atoms with Gasteiger partial charge in [0.15, 0.2) is 0 Å². The third kappa shape index (κ3) is 2.58. The van der Waals surface area contributed by atoms with Crippen molar-refractivity contribution in [3.63, 3.8) is 0 Å². The van der Waals surface area contributed by atoms with Crippen LogP contribution in [0.25, 0.3) is 10.1 Å². The molecule has 0 aliphatic carbocycles. The van der Waals surface area contributed by atoms with E-state index in [0.717, 1.165) is 24.1 Å². The first-order valence-electron chi connectivity index (χ1n) is 7.27. The molecule has 1 N–H and O–H groups in total. The van der Waals surface area contributed by atoms with Crippen LogP contribution in [-0.4, -0.2) is 38.8 Å². The van der Waals surface area contributed by atoms with Crippen molar-refractivity contribution in [2.75, 3.05) is 13.1 Å². The number of carboxylic acids is 1. The van der Waals surface area contributed by atoms with E-state index in [9.17, 15) is 4.79 Å². The number of nitrogens with zero attached hydrogens (tertiary/aromatic N) is 3. The highest BCUT2D eigenvalue weighted by Gasteiger charge is 2.31. The first-order valence-corrected chi connectivity index (χ1v) is 8.94. The molecule has 1 saturated heterocycles. The van der Waals surface area contributed by atoms with E-state index in [2.05, 4.69) is 49.5 Å². The van der Waals surface area contributed by atoms with E-state index in [1.165, 1.54) is 15.6 Å². The van der Waals surface area contributed by atoms with Gasteiger partial charge in [-0.3, -0.25) is 9.58 Å². The molecule has 4 rings (SSSR count). The second kappa shape index (κ2) is 5.74. The van der Waals surface area contributed by atoms with Crippen molar-refractivity contribution in [1.82, 2.24) is 14.7 Å². The van der Waals surface area contributed by atoms with Gasteiger partial charge in [-0.15, -0.1) is 11.3 Å². The molecule has 1 aliphatic heterocycles. The van der Waals surface area contributed by atoms with Crippen molar-refractivity contribution in [3.8, 4) is 0 Å². The van der Waals surface area contributed by atoms with Crippen LogP contribution in [0.15, 0.2) is 40.3 Å². The number of thiophene rings is 1. The lowest BCUT2D eigenvalue weighted by Crippen LogP contribution is -2.47. The summed E-state index contributed by atoms with van der Waals surface area (Å²) in [5.74, 6) is -0.922. The van der Waals surface area contributed by atoms with Gasteiger partial charge in [-0.2, -0.15) is 5.10 Å². The van der Waals surface area contributed by atoms with Gasteiger partial charge in [0.2, 0.25) is 0 Å². The SMILES string of the molecule is O=C(O)c1ccnn1C1CN(Cc2csc3c(Br)cccc23)C1. The molecule has 3 aromatic rings. The van der Waals surface area contributed by atoms with Gasteiger partial charge in [0, 0.05) is 35.0 Å². The Morgan fingerprint density at radius 2 is 2.22 bits per heavy atom. The average molecular weight is 392 g/mol. The molecule has 0 bridgehead atoms. The van der Waals surface area contributed by atoms with Gasteiger partial charge in [0.25, 0.3) is 0 Å². The van der Waals surface area contributed by atoms with Crippen molar-refractivity contribution in [2.24, 2.45) is 0 Å². The van der Waals surface area contributed by atoms with Crippen LogP contribution >= 0.6 is 27.3 Å². The predicted octanol–water partition coefficient (Wildman–Crippen LogP) is 3.62. The smallest absolute Gasteiger partial charge is 0.354 e. The second-order valence-corrected chi connectivity index (χ2v) is 7.43. The summed E-state index contributed by atoms with van der Waals surface area (Å²) in [6, 6.07) is 7.97. The Balaban J connectivity index is 1.47. The van der Waals surface area contributed by atoms with Crippen LogP contribution in [0.3, 0.4) is 0 Å². The lowest BCUT2D eigenvalue weighted by atomic mass is 10.1. The molecule has 3 heterocycles. The quantitative estimate of drug-likeness (QED) is 0.737. The number of benzene rings is 1. The van der Waals surface area contributed by atoms with E-state index in [1.807, 2.05) is 0 Å². The fraction of sp³-hybridized carbons (Fsp3) is 0.250. The zero-order valence-corrected chi connectivity index (χ0v) is 14.5. The van der Waals surface area contributed by atoms with Crippen LogP contribution in [0.4, 0.5) is 0 Å². The third-order valence-corrected chi connectivity index (χ3v) is 6.20. The van der Waals surface area contributed by atoms with Crippen LogP contribution < -0.4 is 0 Å². The Labute approximate surface area is 145 Å². The molecule has 0 saturated carbocycles. The molecule has 118 valence electrons. The number of likely N-dealkylation sites (tertiary alicyclic amines) is 1. The number of aromatic nitrogens is 2. The standard InChI is InChI=1S/C16H14BrN3O2S/c17-13-3-1-2-12-10(9-23-15(12)13)6-19-7-11(8-19)20-14(16(21)22)4-5-18-20/h1-5,9,11H,6-8H2,(H,21,22). The zero-order chi connectivity index (χ0) is 16.0. The fourth-order valence-corrected chi connectivity index (χ4v) is 4.65. The Kier molecular flexibility index (Phi) is 3.71. The predicted molar refractivity (Wildman–Crippen MR) is 93.0 cm³/mol. The normalized spacial score (nSPS) is 15.9. The van der Waals surface area contributed by atoms with Crippen molar-refractivity contribution in [1.29, 1.82) is 0 Å². The lowest BCUT2D eigenvalue weighted by Gasteiger charge is -2.39. The summed E-state index contributed by atoms with van der Waals surface area (Å²) in [5.41, 5.74) is 1.59. The van der Waals surface area contributed by atoms with Gasteiger partial charge >= 0.3 is 5.97 Å². The summed E-state index contributed by atoms with van der Waals surface area (Å²) >= 11 is 5.35. The largest absolute Gasteiger partial charge is 0.477 e. The van der Waals surface area contributed by atoms with Gasteiger partial charge in [0.1, 0.15) is 5.69 Å². The molecule has 7 heteroatoms. The molecular weight excluding hydrogens is 378 g/mol. The van der Waals surface area contributed by atoms with Crippen LogP contribution in [0, 0.1) is 0 Å². The fourth-order valence-electron chi connectivity index (χ4n) is 3.04. The van der Waals surface area contributed by atoms with E-state index < -0.39 is 5.97 Å². The summed E-state index contributed by atoms with van der Waals surface area (Å²) in [4.78, 5) is 13.5. The maximum absolute atomic E-state index is 11.2. The van der Waals surface area contributed by atoms with Crippen molar-refractivity contribution in [3.05, 3.63) is 51.6 Å². The van der Waals surface area contributed by atoms with E-state index in [-0.39, 0.29) is 11.7 Å². The number of aromatic carboxylic acids is 1. The summed E-state index contributed by atoms with van der Waals surface area (Å²) < 4.78 is 4.04. The first-order chi connectivity index (χ1) is 11.1. The van der Waals surface area contributed by atoms with Crippen LogP contribution in [0.2, 0.25) is 0 Å². The molecule has 23 heavy (non-hydrogen) atoms. The molecule has 0 amide bonds. The first kappa shape index (κ1) is 14.9. The third-order valence-electron chi connectivity index (χ3n) is 4.20. The van der Waals surface area contributed by atoms with Gasteiger partial charge in [-0.1, -0.05) is 12.1 Å².